The molecule has 0 atom stereocenters. The number of sulfonamides is 1. The van der Waals surface area contributed by atoms with E-state index in [9.17, 15) is 16.8 Å². The lowest BCUT2D eigenvalue weighted by atomic mass is 10.4. The summed E-state index contributed by atoms with van der Waals surface area (Å²) >= 11 is 0. The van der Waals surface area contributed by atoms with Crippen molar-refractivity contribution < 1.29 is 16.8 Å². The number of aromatic amines is 1. The van der Waals surface area contributed by atoms with E-state index in [-0.39, 0.29) is 16.3 Å². The van der Waals surface area contributed by atoms with Gasteiger partial charge in [-0.2, -0.15) is 5.10 Å². The average Bonchev–Trinajstić information content (AvgIpc) is 2.91. The van der Waals surface area contributed by atoms with Crippen LogP contribution in [0.15, 0.2) is 40.4 Å². The van der Waals surface area contributed by atoms with E-state index in [1.54, 1.807) is 0 Å². The highest BCUT2D eigenvalue weighted by Crippen LogP contribution is 2.14. The average molecular weight is 330 g/mol. The van der Waals surface area contributed by atoms with Crippen LogP contribution in [-0.2, 0) is 26.3 Å². The molecule has 114 valence electrons. The lowest BCUT2D eigenvalue weighted by Gasteiger charge is -2.06. The topological polar surface area (TPSA) is 122 Å². The van der Waals surface area contributed by atoms with Gasteiger partial charge in [0.1, 0.15) is 12.2 Å². The summed E-state index contributed by atoms with van der Waals surface area (Å²) in [4.78, 5) is 3.96. The second kappa shape index (κ2) is 5.92. The molecule has 0 bridgehead atoms. The Kier molecular flexibility index (Phi) is 4.40. The highest BCUT2D eigenvalue weighted by atomic mass is 32.2. The Morgan fingerprint density at radius 3 is 2.24 bits per heavy atom. The molecule has 21 heavy (non-hydrogen) atoms. The maximum atomic E-state index is 12.0. The van der Waals surface area contributed by atoms with Gasteiger partial charge in [0.25, 0.3) is 0 Å². The summed E-state index contributed by atoms with van der Waals surface area (Å²) in [7, 11) is -7.03. The smallest absolute Gasteiger partial charge is 0.240 e. The van der Waals surface area contributed by atoms with Gasteiger partial charge in [0, 0.05) is 19.2 Å². The predicted molar refractivity (Wildman–Crippen MR) is 74.8 cm³/mol. The number of nitrogens with zero attached hydrogens (tertiary/aromatic N) is 2. The molecule has 0 radical (unpaired) electrons. The number of H-pyrrole nitrogens is 1. The molecule has 0 unspecified atom stereocenters. The molecule has 0 aliphatic rings. The van der Waals surface area contributed by atoms with Gasteiger partial charge in [-0.25, -0.2) is 26.5 Å². The number of rotatable bonds is 6. The van der Waals surface area contributed by atoms with Crippen molar-refractivity contribution in [3.63, 3.8) is 0 Å². The molecule has 10 heteroatoms. The fourth-order valence-corrected chi connectivity index (χ4v) is 3.27. The molecule has 2 N–H and O–H groups in total. The summed E-state index contributed by atoms with van der Waals surface area (Å²) < 4.78 is 49.1. The number of nitrogens with one attached hydrogen (secondary N) is 2. The van der Waals surface area contributed by atoms with Gasteiger partial charge in [-0.3, -0.25) is 5.10 Å². The highest BCUT2D eigenvalue weighted by Gasteiger charge is 2.15. The van der Waals surface area contributed by atoms with E-state index < -0.39 is 19.9 Å². The Labute approximate surface area is 122 Å². The second-order valence-electron chi connectivity index (χ2n) is 4.32. The highest BCUT2D eigenvalue weighted by molar-refractivity contribution is 7.90. The van der Waals surface area contributed by atoms with Crippen molar-refractivity contribution in [3.05, 3.63) is 36.4 Å². The van der Waals surface area contributed by atoms with E-state index in [1.165, 1.54) is 30.6 Å². The predicted octanol–water partition coefficient (Wildman–Crippen LogP) is -0.271. The SMILES string of the molecule is CS(=O)(=O)c1ccc(S(=O)(=O)NCCc2ncn[nH]2)cc1. The van der Waals surface area contributed by atoms with Crippen molar-refractivity contribution in [2.24, 2.45) is 0 Å². The summed E-state index contributed by atoms with van der Waals surface area (Å²) in [5, 5.41) is 6.28. The maximum absolute atomic E-state index is 12.0. The molecule has 0 fully saturated rings. The molecule has 2 rings (SSSR count). The molecule has 0 aliphatic carbocycles. The first-order chi connectivity index (χ1) is 9.79. The van der Waals surface area contributed by atoms with E-state index in [4.69, 9.17) is 0 Å². The molecular formula is C11H14N4O4S2. The van der Waals surface area contributed by atoms with E-state index in [1.807, 2.05) is 0 Å². The Hall–Kier alpha value is -1.78. The van der Waals surface area contributed by atoms with Crippen LogP contribution >= 0.6 is 0 Å². The second-order valence-corrected chi connectivity index (χ2v) is 8.11. The molecule has 1 heterocycles. The van der Waals surface area contributed by atoms with Gasteiger partial charge in [-0.05, 0) is 24.3 Å². The quantitative estimate of drug-likeness (QED) is 0.752. The molecule has 8 nitrogen and oxygen atoms in total. The molecule has 0 spiro atoms. The lowest BCUT2D eigenvalue weighted by molar-refractivity contribution is 0.580. The third-order valence-corrected chi connectivity index (χ3v) is 5.29. The molecule has 1 aromatic carbocycles. The van der Waals surface area contributed by atoms with Gasteiger partial charge in [0.05, 0.1) is 9.79 Å². The van der Waals surface area contributed by atoms with E-state index in [0.717, 1.165) is 6.26 Å². The number of benzene rings is 1. The van der Waals surface area contributed by atoms with Gasteiger partial charge < -0.3 is 0 Å². The van der Waals surface area contributed by atoms with Crippen LogP contribution in [-0.4, -0.2) is 44.8 Å². The zero-order valence-electron chi connectivity index (χ0n) is 11.1. The fourth-order valence-electron chi connectivity index (χ4n) is 1.60. The Bertz CT molecular complexity index is 796. The van der Waals surface area contributed by atoms with Crippen LogP contribution in [0.3, 0.4) is 0 Å². The van der Waals surface area contributed by atoms with Crippen molar-refractivity contribution in [2.75, 3.05) is 12.8 Å². The summed E-state index contributed by atoms with van der Waals surface area (Å²) in [6, 6.07) is 5.04. The molecule has 0 saturated heterocycles. The van der Waals surface area contributed by atoms with Crippen molar-refractivity contribution in [1.29, 1.82) is 0 Å². The van der Waals surface area contributed by atoms with E-state index in [0.29, 0.717) is 12.2 Å². The molecule has 0 amide bonds. The number of aromatic nitrogens is 3. The first-order valence-corrected chi connectivity index (χ1v) is 9.30. The monoisotopic (exact) mass is 330 g/mol. The Balaban J connectivity index is 2.05. The first-order valence-electron chi connectivity index (χ1n) is 5.93. The van der Waals surface area contributed by atoms with Crippen molar-refractivity contribution in [2.45, 2.75) is 16.2 Å². The van der Waals surface area contributed by atoms with E-state index in [2.05, 4.69) is 19.9 Å². The van der Waals surface area contributed by atoms with Gasteiger partial charge in [-0.1, -0.05) is 0 Å². The van der Waals surface area contributed by atoms with Crippen LogP contribution in [0.1, 0.15) is 5.82 Å². The minimum absolute atomic E-state index is 0.00692. The zero-order chi connectivity index (χ0) is 15.5. The van der Waals surface area contributed by atoms with Crippen LogP contribution in [0, 0.1) is 0 Å². The number of hydrogen-bond donors (Lipinski definition) is 2. The molecule has 0 saturated carbocycles. The Morgan fingerprint density at radius 1 is 1.10 bits per heavy atom. The summed E-state index contributed by atoms with van der Waals surface area (Å²) in [6.45, 7) is 0.158. The Morgan fingerprint density at radius 2 is 1.71 bits per heavy atom. The van der Waals surface area contributed by atoms with Crippen LogP contribution in [0.25, 0.3) is 0 Å². The van der Waals surface area contributed by atoms with Crippen LogP contribution in [0.4, 0.5) is 0 Å². The maximum Gasteiger partial charge on any atom is 0.240 e. The van der Waals surface area contributed by atoms with Gasteiger partial charge in [-0.15, -0.1) is 0 Å². The van der Waals surface area contributed by atoms with Crippen molar-refractivity contribution in [3.8, 4) is 0 Å². The zero-order valence-corrected chi connectivity index (χ0v) is 12.8. The van der Waals surface area contributed by atoms with Crippen molar-refractivity contribution >= 4 is 19.9 Å². The van der Waals surface area contributed by atoms with Gasteiger partial charge in [0.2, 0.25) is 10.0 Å². The van der Waals surface area contributed by atoms with Crippen molar-refractivity contribution in [1.82, 2.24) is 19.9 Å². The first kappa shape index (κ1) is 15.6. The minimum Gasteiger partial charge on any atom is -0.263 e. The summed E-state index contributed by atoms with van der Waals surface area (Å²) in [5.74, 6) is 0.574. The minimum atomic E-state index is -3.68. The van der Waals surface area contributed by atoms with E-state index >= 15 is 0 Å². The van der Waals surface area contributed by atoms with Gasteiger partial charge >= 0.3 is 0 Å². The number of sulfone groups is 1. The largest absolute Gasteiger partial charge is 0.263 e. The third-order valence-electron chi connectivity index (χ3n) is 2.68. The summed E-state index contributed by atoms with van der Waals surface area (Å²) in [6.07, 6.45) is 2.78. The molecule has 0 aliphatic heterocycles. The standard InChI is InChI=1S/C11H14N4O4S2/c1-20(16,17)9-2-4-10(5-3-9)21(18,19)14-7-6-11-12-8-13-15-11/h2-5,8,14H,6-7H2,1H3,(H,12,13,15). The van der Waals surface area contributed by atoms with Crippen LogP contribution in [0.5, 0.6) is 0 Å². The molecule has 1 aromatic heterocycles. The molecular weight excluding hydrogens is 316 g/mol. The van der Waals surface area contributed by atoms with Crippen LogP contribution < -0.4 is 4.72 Å². The normalized spacial score (nSPS) is 12.4. The van der Waals surface area contributed by atoms with Gasteiger partial charge in [0.15, 0.2) is 9.84 Å². The van der Waals surface area contributed by atoms with Crippen LogP contribution in [0.2, 0.25) is 0 Å². The number of hydrogen-bond acceptors (Lipinski definition) is 6. The third kappa shape index (κ3) is 4.09. The molecule has 2 aromatic rings. The lowest BCUT2D eigenvalue weighted by Crippen LogP contribution is -2.26. The fraction of sp³-hybridized carbons (Fsp3) is 0.273. The summed E-state index contributed by atoms with van der Waals surface area (Å²) in [5.41, 5.74) is 0.